The molecule has 1 unspecified atom stereocenters. The maximum Gasteiger partial charge on any atom is 0.306 e. The van der Waals surface area contributed by atoms with Gasteiger partial charge in [0.25, 0.3) is 0 Å². The highest BCUT2D eigenvalue weighted by molar-refractivity contribution is 5.69. The van der Waals surface area contributed by atoms with Crippen molar-refractivity contribution in [2.45, 2.75) is 97.5 Å². The monoisotopic (exact) mass is 282 g/mol. The highest BCUT2D eigenvalue weighted by Crippen LogP contribution is 2.09. The van der Waals surface area contributed by atoms with Crippen LogP contribution >= 0.6 is 0 Å². The molecule has 0 aromatic heterocycles. The van der Waals surface area contributed by atoms with E-state index in [0.29, 0.717) is 6.42 Å². The predicted octanol–water partition coefficient (Wildman–Crippen LogP) is 5.81. The summed E-state index contributed by atoms with van der Waals surface area (Å²) in [5.41, 5.74) is 0. The average molecular weight is 282 g/mol. The van der Waals surface area contributed by atoms with E-state index in [4.69, 9.17) is 4.74 Å². The van der Waals surface area contributed by atoms with Crippen LogP contribution in [0, 0.1) is 0 Å². The Morgan fingerprint density at radius 3 is 2.20 bits per heavy atom. The van der Waals surface area contributed by atoms with Crippen LogP contribution in [0.1, 0.15) is 91.4 Å². The molecule has 0 bridgehead atoms. The molecule has 0 heterocycles. The lowest BCUT2D eigenvalue weighted by atomic mass is 10.1. The van der Waals surface area contributed by atoms with Gasteiger partial charge in [-0.2, -0.15) is 0 Å². The van der Waals surface area contributed by atoms with E-state index in [0.717, 1.165) is 19.3 Å². The number of rotatable bonds is 13. The summed E-state index contributed by atoms with van der Waals surface area (Å²) in [6, 6.07) is 0. The zero-order valence-electron chi connectivity index (χ0n) is 13.8. The molecular formula is C18H34O2. The van der Waals surface area contributed by atoms with Crippen molar-refractivity contribution in [1.29, 1.82) is 0 Å². The van der Waals surface area contributed by atoms with Gasteiger partial charge < -0.3 is 4.74 Å². The third-order valence-corrected chi connectivity index (χ3v) is 3.55. The van der Waals surface area contributed by atoms with E-state index in [1.807, 2.05) is 13.8 Å². The molecule has 0 aliphatic carbocycles. The van der Waals surface area contributed by atoms with E-state index < -0.39 is 0 Å². The Hall–Kier alpha value is -0.790. The molecule has 2 nitrogen and oxygen atoms in total. The number of hydrogen-bond donors (Lipinski definition) is 0. The summed E-state index contributed by atoms with van der Waals surface area (Å²) < 4.78 is 5.24. The Morgan fingerprint density at radius 1 is 0.950 bits per heavy atom. The van der Waals surface area contributed by atoms with Gasteiger partial charge in [0.1, 0.15) is 0 Å². The van der Waals surface area contributed by atoms with Gasteiger partial charge in [0.05, 0.1) is 6.10 Å². The van der Waals surface area contributed by atoms with Crippen LogP contribution in [-0.2, 0) is 9.53 Å². The molecule has 118 valence electrons. The van der Waals surface area contributed by atoms with Gasteiger partial charge in [0.15, 0.2) is 0 Å². The molecule has 20 heavy (non-hydrogen) atoms. The quantitative estimate of drug-likeness (QED) is 0.242. The van der Waals surface area contributed by atoms with Crippen LogP contribution in [0.4, 0.5) is 0 Å². The second-order valence-electron chi connectivity index (χ2n) is 5.63. The largest absolute Gasteiger partial charge is 0.463 e. The van der Waals surface area contributed by atoms with Gasteiger partial charge >= 0.3 is 5.97 Å². The Morgan fingerprint density at radius 2 is 1.55 bits per heavy atom. The summed E-state index contributed by atoms with van der Waals surface area (Å²) in [5, 5.41) is 0. The van der Waals surface area contributed by atoms with Crippen LogP contribution in [-0.4, -0.2) is 12.1 Å². The van der Waals surface area contributed by atoms with Gasteiger partial charge in [-0.15, -0.1) is 0 Å². The Bertz CT molecular complexity index is 246. The molecule has 0 saturated heterocycles. The van der Waals surface area contributed by atoms with Crippen LogP contribution in [0.25, 0.3) is 0 Å². The van der Waals surface area contributed by atoms with Crippen LogP contribution < -0.4 is 0 Å². The molecular weight excluding hydrogens is 248 g/mol. The molecule has 0 aromatic rings. The highest BCUT2D eigenvalue weighted by atomic mass is 16.5. The van der Waals surface area contributed by atoms with Crippen molar-refractivity contribution in [1.82, 2.24) is 0 Å². The number of esters is 1. The molecule has 0 aliphatic rings. The van der Waals surface area contributed by atoms with Crippen molar-refractivity contribution in [2.24, 2.45) is 0 Å². The second kappa shape index (κ2) is 14.6. The topological polar surface area (TPSA) is 26.3 Å². The lowest BCUT2D eigenvalue weighted by Crippen LogP contribution is -2.13. The SMILES string of the molecule is CCCC/C=C\CCCCCCCC(=O)OC(C)CC. The van der Waals surface area contributed by atoms with Crippen LogP contribution in [0.3, 0.4) is 0 Å². The Labute approximate surface area is 126 Å². The van der Waals surface area contributed by atoms with Crippen LogP contribution in [0.15, 0.2) is 12.2 Å². The van der Waals surface area contributed by atoms with Gasteiger partial charge in [-0.3, -0.25) is 4.79 Å². The summed E-state index contributed by atoms with van der Waals surface area (Å²) in [6.45, 7) is 6.22. The van der Waals surface area contributed by atoms with Crippen molar-refractivity contribution < 1.29 is 9.53 Å². The normalized spacial score (nSPS) is 12.8. The minimum Gasteiger partial charge on any atom is -0.463 e. The first kappa shape index (κ1) is 19.2. The van der Waals surface area contributed by atoms with Gasteiger partial charge in [-0.05, 0) is 39.0 Å². The first-order chi connectivity index (χ1) is 9.70. The lowest BCUT2D eigenvalue weighted by Gasteiger charge is -2.10. The molecule has 0 rings (SSSR count). The smallest absolute Gasteiger partial charge is 0.306 e. The number of carbonyl (C=O) groups excluding carboxylic acids is 1. The van der Waals surface area contributed by atoms with Crippen molar-refractivity contribution >= 4 is 5.97 Å². The molecule has 0 fully saturated rings. The van der Waals surface area contributed by atoms with Gasteiger partial charge in [-0.1, -0.05) is 58.1 Å². The molecule has 0 amide bonds. The fraction of sp³-hybridized carbons (Fsp3) is 0.833. The first-order valence-corrected chi connectivity index (χ1v) is 8.55. The van der Waals surface area contributed by atoms with Crippen molar-refractivity contribution in [2.75, 3.05) is 0 Å². The highest BCUT2D eigenvalue weighted by Gasteiger charge is 2.06. The lowest BCUT2D eigenvalue weighted by molar-refractivity contribution is -0.148. The minimum atomic E-state index is -0.0294. The summed E-state index contributed by atoms with van der Waals surface area (Å²) in [5.74, 6) is -0.0294. The Balaban J connectivity index is 3.24. The van der Waals surface area contributed by atoms with Crippen molar-refractivity contribution in [3.05, 3.63) is 12.2 Å². The van der Waals surface area contributed by atoms with E-state index in [2.05, 4.69) is 19.1 Å². The predicted molar refractivity (Wildman–Crippen MR) is 86.8 cm³/mol. The third kappa shape index (κ3) is 13.6. The average Bonchev–Trinajstić information content (AvgIpc) is 2.44. The summed E-state index contributed by atoms with van der Waals surface area (Å²) >= 11 is 0. The number of unbranched alkanes of at least 4 members (excludes halogenated alkanes) is 7. The van der Waals surface area contributed by atoms with E-state index in [1.54, 1.807) is 0 Å². The zero-order valence-corrected chi connectivity index (χ0v) is 13.8. The standard InChI is InChI=1S/C18H34O2/c1-4-6-7-8-9-10-11-12-13-14-15-16-18(19)20-17(3)5-2/h8-9,17H,4-7,10-16H2,1-3H3/b9-8-. The van der Waals surface area contributed by atoms with Crippen LogP contribution in [0.2, 0.25) is 0 Å². The maximum absolute atomic E-state index is 11.4. The molecule has 0 aliphatic heterocycles. The van der Waals surface area contributed by atoms with Gasteiger partial charge in [0, 0.05) is 6.42 Å². The van der Waals surface area contributed by atoms with Crippen LogP contribution in [0.5, 0.6) is 0 Å². The molecule has 0 saturated carbocycles. The molecule has 0 aromatic carbocycles. The minimum absolute atomic E-state index is 0.0294. The summed E-state index contributed by atoms with van der Waals surface area (Å²) in [7, 11) is 0. The molecule has 0 radical (unpaired) electrons. The number of ether oxygens (including phenoxy) is 1. The van der Waals surface area contributed by atoms with Crippen molar-refractivity contribution in [3.63, 3.8) is 0 Å². The number of hydrogen-bond acceptors (Lipinski definition) is 2. The molecule has 0 spiro atoms. The van der Waals surface area contributed by atoms with Gasteiger partial charge in [-0.25, -0.2) is 0 Å². The zero-order chi connectivity index (χ0) is 15.1. The van der Waals surface area contributed by atoms with E-state index in [-0.39, 0.29) is 12.1 Å². The summed E-state index contributed by atoms with van der Waals surface area (Å²) in [4.78, 5) is 11.4. The van der Waals surface area contributed by atoms with E-state index in [1.165, 1.54) is 44.9 Å². The fourth-order valence-electron chi connectivity index (χ4n) is 1.99. The van der Waals surface area contributed by atoms with Gasteiger partial charge in [0.2, 0.25) is 0 Å². The summed E-state index contributed by atoms with van der Waals surface area (Å²) in [6.07, 6.45) is 17.1. The van der Waals surface area contributed by atoms with E-state index in [9.17, 15) is 4.79 Å². The van der Waals surface area contributed by atoms with Crippen molar-refractivity contribution in [3.8, 4) is 0 Å². The molecule has 1 atom stereocenters. The number of allylic oxidation sites excluding steroid dienone is 2. The number of carbonyl (C=O) groups is 1. The second-order valence-corrected chi connectivity index (χ2v) is 5.63. The third-order valence-electron chi connectivity index (χ3n) is 3.55. The van der Waals surface area contributed by atoms with E-state index >= 15 is 0 Å². The fourth-order valence-corrected chi connectivity index (χ4v) is 1.99. The maximum atomic E-state index is 11.4. The Kier molecular flexibility index (Phi) is 14.0. The first-order valence-electron chi connectivity index (χ1n) is 8.55. The molecule has 0 N–H and O–H groups in total. The molecule has 2 heteroatoms.